The Morgan fingerprint density at radius 1 is 1.30 bits per heavy atom. The van der Waals surface area contributed by atoms with E-state index < -0.39 is 5.97 Å². The summed E-state index contributed by atoms with van der Waals surface area (Å²) in [6.07, 6.45) is 0. The molecule has 104 valence electrons. The van der Waals surface area contributed by atoms with E-state index in [1.54, 1.807) is 18.2 Å². The van der Waals surface area contributed by atoms with E-state index in [-0.39, 0.29) is 11.4 Å². The number of hydrogen-bond donors (Lipinski definition) is 1. The van der Waals surface area contributed by atoms with E-state index in [9.17, 15) is 9.18 Å². The van der Waals surface area contributed by atoms with E-state index in [1.165, 1.54) is 23.9 Å². The molecule has 5 heteroatoms. The molecule has 1 N–H and O–H groups in total. The average molecular weight is 355 g/mol. The van der Waals surface area contributed by atoms with Crippen molar-refractivity contribution >= 4 is 33.7 Å². The van der Waals surface area contributed by atoms with Gasteiger partial charge in [0.2, 0.25) is 0 Å². The Bertz CT molecular complexity index is 658. The van der Waals surface area contributed by atoms with Crippen molar-refractivity contribution < 1.29 is 14.3 Å². The maximum absolute atomic E-state index is 13.0. The third-order valence-electron chi connectivity index (χ3n) is 2.87. The summed E-state index contributed by atoms with van der Waals surface area (Å²) in [4.78, 5) is 11.9. The lowest BCUT2D eigenvalue weighted by Crippen LogP contribution is -1.97. The minimum absolute atomic E-state index is 0.242. The van der Waals surface area contributed by atoms with Gasteiger partial charge in [-0.2, -0.15) is 0 Å². The summed E-state index contributed by atoms with van der Waals surface area (Å²) in [6, 6.07) is 9.92. The van der Waals surface area contributed by atoms with Gasteiger partial charge in [0.1, 0.15) is 5.82 Å². The lowest BCUT2D eigenvalue weighted by molar-refractivity contribution is 0.0695. The van der Waals surface area contributed by atoms with Crippen LogP contribution in [0.4, 0.5) is 4.39 Å². The van der Waals surface area contributed by atoms with Gasteiger partial charge in [0.15, 0.2) is 0 Å². The second kappa shape index (κ2) is 6.41. The minimum atomic E-state index is -0.961. The summed E-state index contributed by atoms with van der Waals surface area (Å²) in [5.41, 5.74) is 2.18. The first-order valence-corrected chi connectivity index (χ1v) is 7.66. The number of carbonyl (C=O) groups is 1. The van der Waals surface area contributed by atoms with Crippen molar-refractivity contribution in [2.24, 2.45) is 0 Å². The number of aryl methyl sites for hydroxylation is 1. The number of carboxylic acid groups (broad SMARTS) is 1. The molecule has 0 aliphatic rings. The van der Waals surface area contributed by atoms with Crippen LogP contribution < -0.4 is 0 Å². The zero-order valence-electron chi connectivity index (χ0n) is 10.7. The fraction of sp³-hybridized carbons (Fsp3) is 0.133. The molecule has 2 aromatic rings. The molecule has 2 aromatic carbocycles. The van der Waals surface area contributed by atoms with Gasteiger partial charge in [0.05, 0.1) is 5.56 Å². The van der Waals surface area contributed by atoms with E-state index in [1.807, 2.05) is 13.0 Å². The molecule has 0 saturated carbocycles. The topological polar surface area (TPSA) is 37.3 Å². The van der Waals surface area contributed by atoms with Gasteiger partial charge in [-0.3, -0.25) is 0 Å². The molecule has 0 radical (unpaired) electrons. The van der Waals surface area contributed by atoms with E-state index in [2.05, 4.69) is 15.9 Å². The van der Waals surface area contributed by atoms with E-state index in [4.69, 9.17) is 5.11 Å². The number of carboxylic acids is 1. The maximum atomic E-state index is 13.0. The van der Waals surface area contributed by atoms with Crippen LogP contribution in [0.3, 0.4) is 0 Å². The summed E-state index contributed by atoms with van der Waals surface area (Å²) in [5.74, 6) is -0.530. The van der Waals surface area contributed by atoms with Gasteiger partial charge in [-0.1, -0.05) is 6.07 Å². The molecule has 0 atom stereocenters. The van der Waals surface area contributed by atoms with Crippen molar-refractivity contribution in [3.8, 4) is 0 Å². The monoisotopic (exact) mass is 354 g/mol. The smallest absolute Gasteiger partial charge is 0.336 e. The highest BCUT2D eigenvalue weighted by Gasteiger charge is 2.09. The van der Waals surface area contributed by atoms with Crippen LogP contribution in [0, 0.1) is 12.7 Å². The predicted molar refractivity (Wildman–Crippen MR) is 81.8 cm³/mol. The van der Waals surface area contributed by atoms with Gasteiger partial charge in [-0.25, -0.2) is 9.18 Å². The minimum Gasteiger partial charge on any atom is -0.478 e. The van der Waals surface area contributed by atoms with Crippen LogP contribution in [0.25, 0.3) is 0 Å². The van der Waals surface area contributed by atoms with Crippen molar-refractivity contribution in [3.05, 3.63) is 63.4 Å². The molecule has 0 aromatic heterocycles. The molecule has 0 bridgehead atoms. The maximum Gasteiger partial charge on any atom is 0.336 e. The van der Waals surface area contributed by atoms with E-state index >= 15 is 0 Å². The van der Waals surface area contributed by atoms with E-state index in [0.29, 0.717) is 10.2 Å². The fourth-order valence-corrected chi connectivity index (χ4v) is 3.17. The molecule has 2 rings (SSSR count). The highest BCUT2D eigenvalue weighted by atomic mass is 79.9. The first-order valence-electron chi connectivity index (χ1n) is 5.88. The average Bonchev–Trinajstić information content (AvgIpc) is 2.39. The third kappa shape index (κ3) is 3.61. The summed E-state index contributed by atoms with van der Waals surface area (Å²) >= 11 is 4.74. The van der Waals surface area contributed by atoms with Gasteiger partial charge in [-0.05, 0) is 64.3 Å². The van der Waals surface area contributed by atoms with Crippen molar-refractivity contribution in [2.75, 3.05) is 0 Å². The van der Waals surface area contributed by atoms with Crippen LogP contribution in [0.5, 0.6) is 0 Å². The Hall–Kier alpha value is -1.33. The second-order valence-corrected chi connectivity index (χ2v) is 6.21. The summed E-state index contributed by atoms with van der Waals surface area (Å²) < 4.78 is 13.6. The van der Waals surface area contributed by atoms with Crippen LogP contribution in [0.1, 0.15) is 21.5 Å². The van der Waals surface area contributed by atoms with Gasteiger partial charge in [-0.15, -0.1) is 11.8 Å². The summed E-state index contributed by atoms with van der Waals surface area (Å²) in [7, 11) is 0. The molecular formula is C15H12BrFO2S. The molecule has 0 saturated heterocycles. The lowest BCUT2D eigenvalue weighted by atomic mass is 10.1. The fourth-order valence-electron chi connectivity index (χ4n) is 1.74. The molecule has 0 unspecified atom stereocenters. The Balaban J connectivity index is 2.15. The largest absolute Gasteiger partial charge is 0.478 e. The molecule has 0 spiro atoms. The third-order valence-corrected chi connectivity index (χ3v) is 4.60. The number of halogens is 2. The summed E-state index contributed by atoms with van der Waals surface area (Å²) in [5, 5.41) is 9.07. The van der Waals surface area contributed by atoms with Crippen LogP contribution in [0.15, 0.2) is 45.8 Å². The number of thioether (sulfide) groups is 1. The van der Waals surface area contributed by atoms with Crippen molar-refractivity contribution in [1.82, 2.24) is 0 Å². The molecule has 2 nitrogen and oxygen atoms in total. The predicted octanol–water partition coefficient (Wildman–Crippen LogP) is 4.89. The standard InChI is InChI=1S/C15H12BrFO2S/c1-9-6-11(17)3-2-10(9)8-20-12-4-5-14(16)13(7-12)15(18)19/h2-7H,8H2,1H3,(H,18,19). The lowest BCUT2D eigenvalue weighted by Gasteiger charge is -2.07. The first-order chi connectivity index (χ1) is 9.47. The molecule has 0 amide bonds. The number of rotatable bonds is 4. The second-order valence-electron chi connectivity index (χ2n) is 4.31. The molecule has 0 heterocycles. The zero-order chi connectivity index (χ0) is 14.7. The van der Waals surface area contributed by atoms with Gasteiger partial charge in [0, 0.05) is 15.1 Å². The normalized spacial score (nSPS) is 10.6. The van der Waals surface area contributed by atoms with E-state index in [0.717, 1.165) is 16.0 Å². The van der Waals surface area contributed by atoms with Crippen LogP contribution in [-0.2, 0) is 5.75 Å². The highest BCUT2D eigenvalue weighted by molar-refractivity contribution is 9.10. The number of benzene rings is 2. The van der Waals surface area contributed by atoms with Crippen LogP contribution in [0.2, 0.25) is 0 Å². The number of hydrogen-bond acceptors (Lipinski definition) is 2. The van der Waals surface area contributed by atoms with Gasteiger partial charge in [0.25, 0.3) is 0 Å². The van der Waals surface area contributed by atoms with Crippen molar-refractivity contribution in [3.63, 3.8) is 0 Å². The Morgan fingerprint density at radius 2 is 2.05 bits per heavy atom. The zero-order valence-corrected chi connectivity index (χ0v) is 13.1. The Kier molecular flexibility index (Phi) is 4.83. The molecule has 0 aliphatic heterocycles. The SMILES string of the molecule is Cc1cc(F)ccc1CSc1ccc(Br)c(C(=O)O)c1. The van der Waals surface area contributed by atoms with Gasteiger partial charge < -0.3 is 5.11 Å². The molecular weight excluding hydrogens is 343 g/mol. The quantitative estimate of drug-likeness (QED) is 0.794. The molecule has 20 heavy (non-hydrogen) atoms. The number of aromatic carboxylic acids is 1. The molecule has 0 aliphatic carbocycles. The van der Waals surface area contributed by atoms with Crippen molar-refractivity contribution in [1.29, 1.82) is 0 Å². The first kappa shape index (κ1) is 15.1. The highest BCUT2D eigenvalue weighted by Crippen LogP contribution is 2.28. The summed E-state index contributed by atoms with van der Waals surface area (Å²) in [6.45, 7) is 1.86. The van der Waals surface area contributed by atoms with Gasteiger partial charge >= 0.3 is 5.97 Å². The Morgan fingerprint density at radius 3 is 2.70 bits per heavy atom. The van der Waals surface area contributed by atoms with Crippen molar-refractivity contribution in [2.45, 2.75) is 17.6 Å². The Labute approximate surface area is 129 Å². The molecule has 0 fully saturated rings. The van der Waals surface area contributed by atoms with Crippen LogP contribution >= 0.6 is 27.7 Å². The van der Waals surface area contributed by atoms with Crippen LogP contribution in [-0.4, -0.2) is 11.1 Å².